The number of nitrogens with one attached hydrogen (secondary N) is 1. The Balaban J connectivity index is 1.82. The van der Waals surface area contributed by atoms with E-state index in [0.717, 1.165) is 23.4 Å². The molecule has 1 aromatic heterocycles. The molecule has 3 aromatic rings. The summed E-state index contributed by atoms with van der Waals surface area (Å²) in [6.45, 7) is 0.765. The van der Waals surface area contributed by atoms with Crippen molar-refractivity contribution in [3.05, 3.63) is 71.1 Å². The average molecular weight is 305 g/mol. The number of hydrogen-bond acceptors (Lipinski definition) is 4. The van der Waals surface area contributed by atoms with Gasteiger partial charge in [0.05, 0.1) is 5.56 Å². The number of rotatable bonds is 4. The van der Waals surface area contributed by atoms with E-state index in [9.17, 15) is 5.26 Å². The Hall–Kier alpha value is -2.77. The van der Waals surface area contributed by atoms with Gasteiger partial charge in [0, 0.05) is 23.2 Å². The molecule has 0 spiro atoms. The highest BCUT2D eigenvalue weighted by atomic mass is 32.1. The molecule has 0 saturated heterocycles. The predicted molar refractivity (Wildman–Crippen MR) is 92.7 cm³/mol. The summed E-state index contributed by atoms with van der Waals surface area (Å²) in [5, 5.41) is 15.1. The van der Waals surface area contributed by atoms with Crippen LogP contribution in [0.3, 0.4) is 0 Å². The minimum atomic E-state index is 0.560. The molecule has 1 heterocycles. The topological polar surface area (TPSA) is 61.8 Å². The molecule has 3 N–H and O–H groups in total. The van der Waals surface area contributed by atoms with Crippen molar-refractivity contribution in [3.8, 4) is 17.2 Å². The number of hydrogen-bond donors (Lipinski definition) is 2. The van der Waals surface area contributed by atoms with Crippen molar-refractivity contribution in [1.82, 2.24) is 0 Å². The van der Waals surface area contributed by atoms with Gasteiger partial charge in [0.25, 0.3) is 0 Å². The van der Waals surface area contributed by atoms with Crippen LogP contribution in [-0.2, 0) is 6.54 Å². The number of nitrogens with zero attached hydrogens (tertiary/aromatic N) is 1. The summed E-state index contributed by atoms with van der Waals surface area (Å²) in [4.78, 5) is 0. The molecule has 3 nitrogen and oxygen atoms in total. The standard InChI is InChI=1S/C18H15N3S/c19-10-16-17(12-22-18(16)20)14-7-4-8-15(9-14)21-11-13-5-2-1-3-6-13/h1-9,12,21H,11,20H2. The van der Waals surface area contributed by atoms with E-state index >= 15 is 0 Å². The van der Waals surface area contributed by atoms with Gasteiger partial charge in [-0.3, -0.25) is 0 Å². The van der Waals surface area contributed by atoms with Crippen LogP contribution in [0.1, 0.15) is 11.1 Å². The van der Waals surface area contributed by atoms with E-state index in [4.69, 9.17) is 5.73 Å². The normalized spacial score (nSPS) is 10.1. The van der Waals surface area contributed by atoms with Gasteiger partial charge in [-0.15, -0.1) is 11.3 Å². The first-order valence-electron chi connectivity index (χ1n) is 6.93. The van der Waals surface area contributed by atoms with E-state index in [1.54, 1.807) is 0 Å². The smallest absolute Gasteiger partial charge is 0.104 e. The fourth-order valence-corrected chi connectivity index (χ4v) is 3.07. The molecule has 108 valence electrons. The highest BCUT2D eigenvalue weighted by Gasteiger charge is 2.11. The van der Waals surface area contributed by atoms with Gasteiger partial charge in [-0.2, -0.15) is 5.26 Å². The maximum atomic E-state index is 9.23. The van der Waals surface area contributed by atoms with Gasteiger partial charge in [-0.05, 0) is 23.3 Å². The molecule has 2 aromatic carbocycles. The first kappa shape index (κ1) is 14.2. The Morgan fingerprint density at radius 3 is 2.68 bits per heavy atom. The fraction of sp³-hybridized carbons (Fsp3) is 0.0556. The molecule has 0 aliphatic rings. The Morgan fingerprint density at radius 2 is 1.91 bits per heavy atom. The number of nitrogens with two attached hydrogens (primary N) is 1. The Kier molecular flexibility index (Phi) is 4.08. The minimum absolute atomic E-state index is 0.560. The molecule has 0 aliphatic carbocycles. The lowest BCUT2D eigenvalue weighted by Gasteiger charge is -2.08. The fourth-order valence-electron chi connectivity index (χ4n) is 2.30. The van der Waals surface area contributed by atoms with Crippen LogP contribution in [-0.4, -0.2) is 0 Å². The van der Waals surface area contributed by atoms with Crippen LogP contribution in [0.15, 0.2) is 60.0 Å². The van der Waals surface area contributed by atoms with Crippen LogP contribution in [0.5, 0.6) is 0 Å². The zero-order chi connectivity index (χ0) is 15.4. The largest absolute Gasteiger partial charge is 0.389 e. The summed E-state index contributed by atoms with van der Waals surface area (Å²) in [6, 6.07) is 20.5. The average Bonchev–Trinajstić information content (AvgIpc) is 2.95. The van der Waals surface area contributed by atoms with Crippen molar-refractivity contribution in [2.75, 3.05) is 11.1 Å². The van der Waals surface area contributed by atoms with Gasteiger partial charge in [-0.1, -0.05) is 42.5 Å². The van der Waals surface area contributed by atoms with Crippen molar-refractivity contribution < 1.29 is 0 Å². The first-order chi connectivity index (χ1) is 10.8. The molecule has 4 heteroatoms. The van der Waals surface area contributed by atoms with Gasteiger partial charge >= 0.3 is 0 Å². The predicted octanol–water partition coefficient (Wildman–Crippen LogP) is 4.48. The maximum Gasteiger partial charge on any atom is 0.104 e. The SMILES string of the molecule is N#Cc1c(-c2cccc(NCc3ccccc3)c2)csc1N. The molecule has 0 amide bonds. The highest BCUT2D eigenvalue weighted by Crippen LogP contribution is 2.33. The number of nitrogen functional groups attached to an aromatic ring is 1. The van der Waals surface area contributed by atoms with Crippen molar-refractivity contribution in [2.24, 2.45) is 0 Å². The van der Waals surface area contributed by atoms with Crippen LogP contribution in [0.25, 0.3) is 11.1 Å². The van der Waals surface area contributed by atoms with Crippen molar-refractivity contribution in [3.63, 3.8) is 0 Å². The summed E-state index contributed by atoms with van der Waals surface area (Å²) in [6.07, 6.45) is 0. The zero-order valence-corrected chi connectivity index (χ0v) is 12.7. The molecule has 0 bridgehead atoms. The van der Waals surface area contributed by atoms with E-state index in [-0.39, 0.29) is 0 Å². The summed E-state index contributed by atoms with van der Waals surface area (Å²) in [7, 11) is 0. The van der Waals surface area contributed by atoms with Gasteiger partial charge in [0.15, 0.2) is 0 Å². The molecular weight excluding hydrogens is 290 g/mol. The van der Waals surface area contributed by atoms with Crippen LogP contribution >= 0.6 is 11.3 Å². The quantitative estimate of drug-likeness (QED) is 0.747. The van der Waals surface area contributed by atoms with E-state index < -0.39 is 0 Å². The lowest BCUT2D eigenvalue weighted by atomic mass is 10.0. The van der Waals surface area contributed by atoms with Crippen LogP contribution in [0.2, 0.25) is 0 Å². The second kappa shape index (κ2) is 6.33. The molecule has 0 unspecified atom stereocenters. The monoisotopic (exact) mass is 305 g/mol. The third-order valence-electron chi connectivity index (χ3n) is 3.44. The molecule has 22 heavy (non-hydrogen) atoms. The molecular formula is C18H15N3S. The Labute approximate surface area is 133 Å². The van der Waals surface area contributed by atoms with Gasteiger partial charge in [0.2, 0.25) is 0 Å². The number of benzene rings is 2. The lowest BCUT2D eigenvalue weighted by Crippen LogP contribution is -1.99. The van der Waals surface area contributed by atoms with Crippen molar-refractivity contribution >= 4 is 22.0 Å². The molecule has 3 rings (SSSR count). The number of anilines is 2. The molecule has 0 saturated carbocycles. The zero-order valence-electron chi connectivity index (χ0n) is 11.9. The van der Waals surface area contributed by atoms with Gasteiger partial charge < -0.3 is 11.1 Å². The first-order valence-corrected chi connectivity index (χ1v) is 7.81. The third-order valence-corrected chi connectivity index (χ3v) is 4.26. The molecule has 0 atom stereocenters. The highest BCUT2D eigenvalue weighted by molar-refractivity contribution is 7.14. The van der Waals surface area contributed by atoms with Gasteiger partial charge in [-0.25, -0.2) is 0 Å². The number of thiophene rings is 1. The molecule has 0 aliphatic heterocycles. The second-order valence-corrected chi connectivity index (χ2v) is 5.83. The van der Waals surface area contributed by atoms with E-state index in [1.807, 2.05) is 47.8 Å². The van der Waals surface area contributed by atoms with Crippen LogP contribution < -0.4 is 11.1 Å². The van der Waals surface area contributed by atoms with Crippen molar-refractivity contribution in [2.45, 2.75) is 6.54 Å². The molecule has 0 radical (unpaired) electrons. The Morgan fingerprint density at radius 1 is 1.09 bits per heavy atom. The van der Waals surface area contributed by atoms with Gasteiger partial charge in [0.1, 0.15) is 11.1 Å². The maximum absolute atomic E-state index is 9.23. The lowest BCUT2D eigenvalue weighted by molar-refractivity contribution is 1.15. The van der Waals surface area contributed by atoms with Crippen LogP contribution in [0.4, 0.5) is 10.7 Å². The van der Waals surface area contributed by atoms with Crippen molar-refractivity contribution in [1.29, 1.82) is 5.26 Å². The minimum Gasteiger partial charge on any atom is -0.389 e. The molecule has 0 fully saturated rings. The van der Waals surface area contributed by atoms with Crippen LogP contribution in [0, 0.1) is 11.3 Å². The van der Waals surface area contributed by atoms with E-state index in [1.165, 1.54) is 16.9 Å². The van der Waals surface area contributed by atoms with E-state index in [2.05, 4.69) is 23.5 Å². The summed E-state index contributed by atoms with van der Waals surface area (Å²) >= 11 is 1.40. The summed E-state index contributed by atoms with van der Waals surface area (Å²) in [5.74, 6) is 0. The number of nitriles is 1. The third kappa shape index (κ3) is 2.95. The second-order valence-electron chi connectivity index (χ2n) is 4.92. The van der Waals surface area contributed by atoms with E-state index in [0.29, 0.717) is 10.6 Å². The Bertz CT molecular complexity index is 816. The summed E-state index contributed by atoms with van der Waals surface area (Å²) < 4.78 is 0. The summed E-state index contributed by atoms with van der Waals surface area (Å²) in [5.41, 5.74) is 10.6.